The predicted octanol–water partition coefficient (Wildman–Crippen LogP) is 1.58. The van der Waals surface area contributed by atoms with Gasteiger partial charge in [0.25, 0.3) is 0 Å². The number of benzene rings is 1. The third kappa shape index (κ3) is 2.63. The molecule has 1 aliphatic rings. The summed E-state index contributed by atoms with van der Waals surface area (Å²) in [6.45, 7) is 5.34. The molecule has 0 saturated carbocycles. The lowest BCUT2D eigenvalue weighted by atomic mass is 10.2. The summed E-state index contributed by atoms with van der Waals surface area (Å²) in [6, 6.07) is 8.00. The van der Waals surface area contributed by atoms with Crippen LogP contribution in [0.3, 0.4) is 0 Å². The van der Waals surface area contributed by atoms with E-state index in [1.807, 2.05) is 12.1 Å². The summed E-state index contributed by atoms with van der Waals surface area (Å²) in [5.74, 6) is 0.345. The molecule has 1 saturated heterocycles. The monoisotopic (exact) mass is 206 g/mol. The lowest BCUT2D eigenvalue weighted by Gasteiger charge is -2.24. The smallest absolute Gasteiger partial charge is 0.117 e. The van der Waals surface area contributed by atoms with Crippen molar-refractivity contribution in [3.05, 3.63) is 24.3 Å². The molecular weight excluding hydrogens is 188 g/mol. The van der Waals surface area contributed by atoms with Crippen molar-refractivity contribution in [3.63, 3.8) is 0 Å². The zero-order valence-electron chi connectivity index (χ0n) is 9.11. The molecule has 3 nitrogen and oxygen atoms in total. The molecule has 0 aliphatic carbocycles. The zero-order valence-corrected chi connectivity index (χ0v) is 9.11. The Hall–Kier alpha value is -1.22. The predicted molar refractivity (Wildman–Crippen MR) is 62.4 cm³/mol. The molecule has 2 rings (SSSR count). The van der Waals surface area contributed by atoms with Crippen LogP contribution in [-0.2, 0) is 0 Å². The first-order chi connectivity index (χ1) is 7.25. The van der Waals surface area contributed by atoms with Crippen LogP contribution in [0.25, 0.3) is 0 Å². The zero-order chi connectivity index (χ0) is 10.7. The van der Waals surface area contributed by atoms with E-state index in [4.69, 9.17) is 0 Å². The Bertz CT molecular complexity index is 327. The van der Waals surface area contributed by atoms with E-state index < -0.39 is 0 Å². The summed E-state index contributed by atoms with van der Waals surface area (Å²) in [5, 5.41) is 12.9. The summed E-state index contributed by atoms with van der Waals surface area (Å²) in [6.07, 6.45) is 1.15. The van der Waals surface area contributed by atoms with Gasteiger partial charge in [0.1, 0.15) is 5.75 Å². The molecule has 2 N–H and O–H groups in total. The van der Waals surface area contributed by atoms with Crippen LogP contribution in [0.5, 0.6) is 5.75 Å². The van der Waals surface area contributed by atoms with Gasteiger partial charge in [-0.1, -0.05) is 6.07 Å². The first-order valence-corrected chi connectivity index (χ1v) is 5.53. The SMILES string of the molecule is CC1CN(c2cccc(O)c2)CCCN1. The minimum atomic E-state index is 0.345. The van der Waals surface area contributed by atoms with Gasteiger partial charge in [-0.25, -0.2) is 0 Å². The number of aromatic hydroxyl groups is 1. The number of phenols is 1. The average molecular weight is 206 g/mol. The molecule has 1 atom stereocenters. The van der Waals surface area contributed by atoms with E-state index in [2.05, 4.69) is 23.2 Å². The number of anilines is 1. The number of hydrogen-bond acceptors (Lipinski definition) is 3. The normalized spacial score (nSPS) is 22.5. The fourth-order valence-corrected chi connectivity index (χ4v) is 2.03. The van der Waals surface area contributed by atoms with Crippen molar-refractivity contribution >= 4 is 5.69 Å². The highest BCUT2D eigenvalue weighted by Gasteiger charge is 2.14. The fourth-order valence-electron chi connectivity index (χ4n) is 2.03. The number of nitrogens with one attached hydrogen (secondary N) is 1. The van der Waals surface area contributed by atoms with Crippen LogP contribution < -0.4 is 10.2 Å². The van der Waals surface area contributed by atoms with E-state index in [0.29, 0.717) is 11.8 Å². The molecule has 3 heteroatoms. The van der Waals surface area contributed by atoms with Crippen LogP contribution in [0, 0.1) is 0 Å². The van der Waals surface area contributed by atoms with Gasteiger partial charge >= 0.3 is 0 Å². The minimum absolute atomic E-state index is 0.345. The maximum atomic E-state index is 9.44. The van der Waals surface area contributed by atoms with Crippen molar-refractivity contribution in [1.82, 2.24) is 5.32 Å². The van der Waals surface area contributed by atoms with E-state index in [1.54, 1.807) is 6.07 Å². The van der Waals surface area contributed by atoms with Gasteiger partial charge in [-0.2, -0.15) is 0 Å². The average Bonchev–Trinajstić information content (AvgIpc) is 2.43. The van der Waals surface area contributed by atoms with Gasteiger partial charge in [-0.3, -0.25) is 0 Å². The Labute approximate surface area is 90.7 Å². The molecule has 1 aliphatic heterocycles. The van der Waals surface area contributed by atoms with Gasteiger partial charge in [0.2, 0.25) is 0 Å². The molecule has 0 aromatic heterocycles. The van der Waals surface area contributed by atoms with E-state index in [0.717, 1.165) is 31.7 Å². The summed E-state index contributed by atoms with van der Waals surface area (Å²) < 4.78 is 0. The second kappa shape index (κ2) is 4.53. The minimum Gasteiger partial charge on any atom is -0.508 e. The number of phenolic OH excluding ortho intramolecular Hbond substituents is 1. The molecule has 0 amide bonds. The summed E-state index contributed by atoms with van der Waals surface area (Å²) in [5.41, 5.74) is 1.12. The van der Waals surface area contributed by atoms with Crippen LogP contribution in [0.15, 0.2) is 24.3 Å². The van der Waals surface area contributed by atoms with Gasteiger partial charge in [-0.15, -0.1) is 0 Å². The van der Waals surface area contributed by atoms with E-state index in [9.17, 15) is 5.11 Å². The number of nitrogens with zero attached hydrogens (tertiary/aromatic N) is 1. The largest absolute Gasteiger partial charge is 0.508 e. The summed E-state index contributed by atoms with van der Waals surface area (Å²) in [4.78, 5) is 2.32. The Morgan fingerprint density at radius 3 is 3.13 bits per heavy atom. The number of hydrogen-bond donors (Lipinski definition) is 2. The maximum absolute atomic E-state index is 9.44. The number of rotatable bonds is 1. The van der Waals surface area contributed by atoms with Crippen LogP contribution in [-0.4, -0.2) is 30.8 Å². The lowest BCUT2D eigenvalue weighted by Crippen LogP contribution is -2.35. The lowest BCUT2D eigenvalue weighted by molar-refractivity contribution is 0.475. The van der Waals surface area contributed by atoms with Gasteiger partial charge < -0.3 is 15.3 Å². The van der Waals surface area contributed by atoms with Crippen LogP contribution in [0.1, 0.15) is 13.3 Å². The molecule has 1 heterocycles. The van der Waals surface area contributed by atoms with E-state index in [1.165, 1.54) is 0 Å². The van der Waals surface area contributed by atoms with Crippen molar-refractivity contribution < 1.29 is 5.11 Å². The first kappa shape index (κ1) is 10.3. The quantitative estimate of drug-likeness (QED) is 0.732. The molecule has 0 spiro atoms. The molecule has 82 valence electrons. The van der Waals surface area contributed by atoms with Crippen molar-refractivity contribution in [1.29, 1.82) is 0 Å². The fraction of sp³-hybridized carbons (Fsp3) is 0.500. The molecule has 1 fully saturated rings. The molecule has 0 radical (unpaired) electrons. The second-order valence-electron chi connectivity index (χ2n) is 4.17. The van der Waals surface area contributed by atoms with Crippen molar-refractivity contribution in [3.8, 4) is 5.75 Å². The van der Waals surface area contributed by atoms with Crippen molar-refractivity contribution in [2.45, 2.75) is 19.4 Å². The molecule has 1 aromatic carbocycles. The molecule has 0 bridgehead atoms. The highest BCUT2D eigenvalue weighted by molar-refractivity contribution is 5.50. The molecule has 15 heavy (non-hydrogen) atoms. The molecular formula is C12H18N2O. The standard InChI is InChI=1S/C12H18N2O/c1-10-9-14(7-3-6-13-10)11-4-2-5-12(15)8-11/h2,4-5,8,10,13,15H,3,6-7,9H2,1H3. The Morgan fingerprint density at radius 1 is 1.47 bits per heavy atom. The van der Waals surface area contributed by atoms with Crippen LogP contribution in [0.2, 0.25) is 0 Å². The third-order valence-corrected chi connectivity index (χ3v) is 2.79. The Morgan fingerprint density at radius 2 is 2.33 bits per heavy atom. The highest BCUT2D eigenvalue weighted by Crippen LogP contribution is 2.21. The third-order valence-electron chi connectivity index (χ3n) is 2.79. The summed E-state index contributed by atoms with van der Waals surface area (Å²) >= 11 is 0. The van der Waals surface area contributed by atoms with Crippen LogP contribution >= 0.6 is 0 Å². The van der Waals surface area contributed by atoms with Gasteiger partial charge in [0, 0.05) is 30.9 Å². The van der Waals surface area contributed by atoms with E-state index >= 15 is 0 Å². The van der Waals surface area contributed by atoms with Gasteiger partial charge in [-0.05, 0) is 32.0 Å². The van der Waals surface area contributed by atoms with Crippen LogP contribution in [0.4, 0.5) is 5.69 Å². The summed E-state index contributed by atoms with van der Waals surface area (Å²) in [7, 11) is 0. The highest BCUT2D eigenvalue weighted by atomic mass is 16.3. The second-order valence-corrected chi connectivity index (χ2v) is 4.17. The Balaban J connectivity index is 2.14. The van der Waals surface area contributed by atoms with Gasteiger partial charge in [0.05, 0.1) is 0 Å². The maximum Gasteiger partial charge on any atom is 0.117 e. The van der Waals surface area contributed by atoms with Crippen molar-refractivity contribution in [2.75, 3.05) is 24.5 Å². The Kier molecular flexibility index (Phi) is 3.11. The first-order valence-electron chi connectivity index (χ1n) is 5.53. The molecule has 1 aromatic rings. The topological polar surface area (TPSA) is 35.5 Å². The van der Waals surface area contributed by atoms with Crippen molar-refractivity contribution in [2.24, 2.45) is 0 Å². The molecule has 1 unspecified atom stereocenters. The van der Waals surface area contributed by atoms with E-state index in [-0.39, 0.29) is 0 Å². The van der Waals surface area contributed by atoms with Gasteiger partial charge in [0.15, 0.2) is 0 Å².